The number of hydrogen-bond acceptors (Lipinski definition) is 3. The van der Waals surface area contributed by atoms with Crippen molar-refractivity contribution in [2.45, 2.75) is 38.1 Å². The van der Waals surface area contributed by atoms with Crippen molar-refractivity contribution >= 4 is 17.7 Å². The van der Waals surface area contributed by atoms with Crippen molar-refractivity contribution < 1.29 is 9.90 Å². The van der Waals surface area contributed by atoms with Gasteiger partial charge in [-0.25, -0.2) is 0 Å². The fourth-order valence-electron chi connectivity index (χ4n) is 2.06. The summed E-state index contributed by atoms with van der Waals surface area (Å²) in [5.74, 6) is 0.306. The van der Waals surface area contributed by atoms with Crippen LogP contribution in [0.2, 0.25) is 0 Å². The number of carboxylic acid groups (broad SMARTS) is 1. The Balaban J connectivity index is 2.58. The molecule has 3 N–H and O–H groups in total. The molecule has 14 heavy (non-hydrogen) atoms. The zero-order chi connectivity index (χ0) is 10.6. The number of hydrogen-bond donors (Lipinski definition) is 2. The Bertz CT molecular complexity index is 195. The van der Waals surface area contributed by atoms with E-state index in [-0.39, 0.29) is 6.04 Å². The molecule has 4 heteroatoms. The zero-order valence-electron chi connectivity index (χ0n) is 8.66. The van der Waals surface area contributed by atoms with Crippen LogP contribution >= 0.6 is 11.8 Å². The van der Waals surface area contributed by atoms with Crippen molar-refractivity contribution in [3.63, 3.8) is 0 Å². The normalized spacial score (nSPS) is 32.9. The van der Waals surface area contributed by atoms with Crippen molar-refractivity contribution in [3.8, 4) is 0 Å². The molecule has 0 saturated heterocycles. The molecule has 82 valence electrons. The molecule has 1 saturated carbocycles. The fraction of sp³-hybridized carbons (Fsp3) is 0.900. The lowest BCUT2D eigenvalue weighted by Gasteiger charge is -2.35. The van der Waals surface area contributed by atoms with E-state index in [9.17, 15) is 9.90 Å². The number of nitrogens with two attached hydrogens (primary N) is 1. The summed E-state index contributed by atoms with van der Waals surface area (Å²) in [5.41, 5.74) is 5.31. The molecule has 0 aromatic carbocycles. The average Bonchev–Trinajstić information content (AvgIpc) is 2.17. The summed E-state index contributed by atoms with van der Waals surface area (Å²) >= 11 is 1.72. The Morgan fingerprint density at radius 2 is 2.14 bits per heavy atom. The maximum Gasteiger partial charge on any atom is 0.309 e. The van der Waals surface area contributed by atoms with E-state index in [2.05, 4.69) is 0 Å². The van der Waals surface area contributed by atoms with Crippen LogP contribution in [0.1, 0.15) is 32.1 Å². The highest BCUT2D eigenvalue weighted by molar-refractivity contribution is 7.98. The summed E-state index contributed by atoms with van der Waals surface area (Å²) in [6, 6.07) is 0.219. The molecule has 0 aromatic heterocycles. The molecule has 0 spiro atoms. The molecule has 0 aliphatic heterocycles. The molecule has 0 aromatic rings. The van der Waals surface area contributed by atoms with Crippen LogP contribution in [0.3, 0.4) is 0 Å². The quantitative estimate of drug-likeness (QED) is 0.752. The van der Waals surface area contributed by atoms with Crippen LogP contribution in [0.25, 0.3) is 0 Å². The van der Waals surface area contributed by atoms with Gasteiger partial charge in [0.25, 0.3) is 0 Å². The largest absolute Gasteiger partial charge is 0.481 e. The van der Waals surface area contributed by atoms with E-state index < -0.39 is 11.4 Å². The first-order chi connectivity index (χ1) is 6.60. The van der Waals surface area contributed by atoms with Crippen LogP contribution in [0, 0.1) is 5.41 Å². The molecule has 0 amide bonds. The van der Waals surface area contributed by atoms with Crippen molar-refractivity contribution in [1.82, 2.24) is 0 Å². The molecule has 1 fully saturated rings. The molecule has 0 unspecified atom stereocenters. The number of thioether (sulfide) groups is 1. The predicted octanol–water partition coefficient (Wildman–Crippen LogP) is 1.71. The number of rotatable bonds is 4. The zero-order valence-corrected chi connectivity index (χ0v) is 9.48. The molecule has 1 aliphatic carbocycles. The SMILES string of the molecule is CSCCC1(C(=O)O)CCC(N)CC1. The molecule has 1 rings (SSSR count). The topological polar surface area (TPSA) is 63.3 Å². The summed E-state index contributed by atoms with van der Waals surface area (Å²) in [6.07, 6.45) is 6.04. The summed E-state index contributed by atoms with van der Waals surface area (Å²) in [7, 11) is 0. The molecule has 3 nitrogen and oxygen atoms in total. The van der Waals surface area contributed by atoms with Crippen LogP contribution < -0.4 is 5.73 Å². The first-order valence-corrected chi connectivity index (χ1v) is 6.48. The smallest absolute Gasteiger partial charge is 0.309 e. The Kier molecular flexibility index (Phi) is 4.26. The molecule has 0 heterocycles. The first-order valence-electron chi connectivity index (χ1n) is 5.09. The van der Waals surface area contributed by atoms with Crippen molar-refractivity contribution in [3.05, 3.63) is 0 Å². The molecule has 0 bridgehead atoms. The van der Waals surface area contributed by atoms with Gasteiger partial charge < -0.3 is 10.8 Å². The monoisotopic (exact) mass is 217 g/mol. The van der Waals surface area contributed by atoms with Crippen LogP contribution in [-0.2, 0) is 4.79 Å². The number of aliphatic carboxylic acids is 1. The second-order valence-electron chi connectivity index (χ2n) is 4.17. The van der Waals surface area contributed by atoms with Crippen LogP contribution in [-0.4, -0.2) is 29.1 Å². The van der Waals surface area contributed by atoms with Gasteiger partial charge in [0, 0.05) is 6.04 Å². The lowest BCUT2D eigenvalue weighted by Crippen LogP contribution is -2.39. The third kappa shape index (κ3) is 2.64. The number of carboxylic acids is 1. The second kappa shape index (κ2) is 5.03. The van der Waals surface area contributed by atoms with Gasteiger partial charge in [0.1, 0.15) is 0 Å². The molecule has 1 aliphatic rings. The third-order valence-electron chi connectivity index (χ3n) is 3.23. The van der Waals surface area contributed by atoms with Crippen LogP contribution in [0.5, 0.6) is 0 Å². The van der Waals surface area contributed by atoms with Crippen molar-refractivity contribution in [2.24, 2.45) is 11.1 Å². The van der Waals surface area contributed by atoms with E-state index in [1.165, 1.54) is 0 Å². The fourth-order valence-corrected chi connectivity index (χ4v) is 2.66. The summed E-state index contributed by atoms with van der Waals surface area (Å²) in [5, 5.41) is 9.25. The molecular formula is C10H19NO2S. The standard InChI is InChI=1S/C10H19NO2S/c1-14-7-6-10(9(12)13)4-2-8(11)3-5-10/h8H,2-7,11H2,1H3,(H,12,13). The van der Waals surface area contributed by atoms with Gasteiger partial charge in [-0.3, -0.25) is 4.79 Å². The van der Waals surface area contributed by atoms with E-state index in [1.54, 1.807) is 11.8 Å². The molecule has 0 radical (unpaired) electrons. The van der Waals surface area contributed by atoms with E-state index in [4.69, 9.17) is 5.73 Å². The number of carbonyl (C=O) groups is 1. The third-order valence-corrected chi connectivity index (χ3v) is 3.84. The van der Waals surface area contributed by atoms with Gasteiger partial charge in [-0.1, -0.05) is 0 Å². The van der Waals surface area contributed by atoms with E-state index in [1.807, 2.05) is 6.26 Å². The lowest BCUT2D eigenvalue weighted by atomic mass is 9.71. The maximum atomic E-state index is 11.2. The van der Waals surface area contributed by atoms with Crippen LogP contribution in [0.4, 0.5) is 0 Å². The minimum atomic E-state index is -0.626. The Morgan fingerprint density at radius 3 is 2.57 bits per heavy atom. The van der Waals surface area contributed by atoms with Gasteiger partial charge in [0.2, 0.25) is 0 Å². The highest BCUT2D eigenvalue weighted by atomic mass is 32.2. The van der Waals surface area contributed by atoms with E-state index >= 15 is 0 Å². The van der Waals surface area contributed by atoms with Gasteiger partial charge in [-0.2, -0.15) is 11.8 Å². The van der Waals surface area contributed by atoms with Crippen LogP contribution in [0.15, 0.2) is 0 Å². The van der Waals surface area contributed by atoms with Gasteiger partial charge in [0.15, 0.2) is 0 Å². The van der Waals surface area contributed by atoms with Crippen molar-refractivity contribution in [2.75, 3.05) is 12.0 Å². The van der Waals surface area contributed by atoms with Gasteiger partial charge in [-0.05, 0) is 44.1 Å². The Morgan fingerprint density at radius 1 is 1.57 bits per heavy atom. The van der Waals surface area contributed by atoms with Gasteiger partial charge in [-0.15, -0.1) is 0 Å². The highest BCUT2D eigenvalue weighted by Crippen LogP contribution is 2.39. The minimum absolute atomic E-state index is 0.219. The summed E-state index contributed by atoms with van der Waals surface area (Å²) in [6.45, 7) is 0. The molecular weight excluding hydrogens is 198 g/mol. The van der Waals surface area contributed by atoms with E-state index in [0.717, 1.165) is 37.9 Å². The maximum absolute atomic E-state index is 11.2. The summed E-state index contributed by atoms with van der Waals surface area (Å²) < 4.78 is 0. The molecule has 0 atom stereocenters. The Hall–Kier alpha value is -0.220. The van der Waals surface area contributed by atoms with Crippen molar-refractivity contribution in [1.29, 1.82) is 0 Å². The second-order valence-corrected chi connectivity index (χ2v) is 5.15. The first kappa shape index (κ1) is 11.9. The highest BCUT2D eigenvalue weighted by Gasteiger charge is 2.40. The minimum Gasteiger partial charge on any atom is -0.481 e. The van der Waals surface area contributed by atoms with E-state index in [0.29, 0.717) is 0 Å². The average molecular weight is 217 g/mol. The van der Waals surface area contributed by atoms with Gasteiger partial charge >= 0.3 is 5.97 Å². The predicted molar refractivity (Wildman–Crippen MR) is 59.5 cm³/mol. The summed E-state index contributed by atoms with van der Waals surface area (Å²) in [4.78, 5) is 11.2. The van der Waals surface area contributed by atoms with Gasteiger partial charge in [0.05, 0.1) is 5.41 Å². The Labute approximate surface area is 89.4 Å². The lowest BCUT2D eigenvalue weighted by molar-refractivity contribution is -0.151.